The zero-order chi connectivity index (χ0) is 26.6. The topological polar surface area (TPSA) is 65.4 Å². The van der Waals surface area contributed by atoms with E-state index >= 15 is 4.39 Å². The fourth-order valence-corrected chi connectivity index (χ4v) is 5.27. The van der Waals surface area contributed by atoms with Crippen LogP contribution in [0.3, 0.4) is 0 Å². The molecule has 8 heteroatoms. The molecule has 0 bridgehead atoms. The van der Waals surface area contributed by atoms with Crippen LogP contribution in [0.2, 0.25) is 0 Å². The Kier molecular flexibility index (Phi) is 8.80. The van der Waals surface area contributed by atoms with Crippen LogP contribution < -0.4 is 0 Å². The third kappa shape index (κ3) is 7.48. The molecule has 4 rings (SSSR count). The summed E-state index contributed by atoms with van der Waals surface area (Å²) in [6.07, 6.45) is 8.29. The number of hydrogen-bond acceptors (Lipinski definition) is 5. The molecule has 0 saturated carbocycles. The van der Waals surface area contributed by atoms with Crippen molar-refractivity contribution in [3.63, 3.8) is 0 Å². The van der Waals surface area contributed by atoms with E-state index < -0.39 is 23.5 Å². The Bertz CT molecular complexity index is 1050. The number of amides is 1. The lowest BCUT2D eigenvalue weighted by atomic mass is 9.93. The number of aliphatic hydroxyl groups excluding tert-OH is 1. The van der Waals surface area contributed by atoms with Gasteiger partial charge in [-0.2, -0.15) is 0 Å². The number of carbonyl (C=O) groups is 1. The molecule has 2 fully saturated rings. The first-order valence-corrected chi connectivity index (χ1v) is 13.4. The van der Waals surface area contributed by atoms with E-state index in [1.807, 2.05) is 19.1 Å². The van der Waals surface area contributed by atoms with Gasteiger partial charge in [-0.15, -0.1) is 0 Å². The molecule has 3 aliphatic rings. The van der Waals surface area contributed by atoms with Gasteiger partial charge in [-0.25, -0.2) is 13.8 Å². The summed E-state index contributed by atoms with van der Waals surface area (Å²) in [6, 6.07) is 4.66. The second-order valence-electron chi connectivity index (χ2n) is 11.2. The zero-order valence-corrected chi connectivity index (χ0v) is 22.1. The highest BCUT2D eigenvalue weighted by Gasteiger charge is 2.27. The highest BCUT2D eigenvalue weighted by Crippen LogP contribution is 2.29. The molecule has 1 N–H and O–H groups in total. The van der Waals surface area contributed by atoms with E-state index in [0.29, 0.717) is 49.9 Å². The van der Waals surface area contributed by atoms with E-state index in [9.17, 15) is 14.3 Å². The largest absolute Gasteiger partial charge is 0.477 e. The van der Waals surface area contributed by atoms with Crippen molar-refractivity contribution >= 4 is 17.4 Å². The molecule has 2 saturated heterocycles. The minimum absolute atomic E-state index is 0.0175. The number of ether oxygens (including phenoxy) is 1. The van der Waals surface area contributed by atoms with Gasteiger partial charge in [-0.1, -0.05) is 19.1 Å². The number of β-amino-alcohol motifs (C(OH)–C–C–N with tert-alkyl or cyclic N) is 1. The van der Waals surface area contributed by atoms with Crippen molar-refractivity contribution in [1.29, 1.82) is 0 Å². The van der Waals surface area contributed by atoms with Crippen LogP contribution in [0.4, 0.5) is 8.78 Å². The lowest BCUT2D eigenvalue weighted by molar-refractivity contribution is 0.0470. The molecule has 3 heterocycles. The second-order valence-corrected chi connectivity index (χ2v) is 11.2. The van der Waals surface area contributed by atoms with Gasteiger partial charge in [-0.05, 0) is 87.9 Å². The van der Waals surface area contributed by atoms with Crippen LogP contribution in [-0.2, 0) is 4.74 Å². The number of alkyl halides is 1. The monoisotopic (exact) mass is 515 g/mol. The molecular formula is C29H39F2N3O3. The lowest BCUT2D eigenvalue weighted by Crippen LogP contribution is -2.42. The first-order chi connectivity index (χ1) is 17.6. The number of rotatable bonds is 6. The van der Waals surface area contributed by atoms with E-state index in [2.05, 4.69) is 9.89 Å². The van der Waals surface area contributed by atoms with Crippen LogP contribution in [0, 0.1) is 17.7 Å². The molecule has 0 aromatic heterocycles. The minimum Gasteiger partial charge on any atom is -0.477 e. The molecule has 0 aliphatic carbocycles. The van der Waals surface area contributed by atoms with Crippen LogP contribution >= 0.6 is 0 Å². The van der Waals surface area contributed by atoms with Crippen molar-refractivity contribution in [1.82, 2.24) is 9.80 Å². The summed E-state index contributed by atoms with van der Waals surface area (Å²) in [6.45, 7) is 8.75. The lowest BCUT2D eigenvalue weighted by Gasteiger charge is -2.34. The average molecular weight is 516 g/mol. The Morgan fingerprint density at radius 2 is 1.97 bits per heavy atom. The van der Waals surface area contributed by atoms with E-state index in [4.69, 9.17) is 4.74 Å². The minimum atomic E-state index is -1.18. The van der Waals surface area contributed by atoms with Crippen molar-refractivity contribution < 1.29 is 23.4 Å². The number of nitrogens with zero attached hydrogens (tertiary/aromatic N) is 3. The molecule has 2 atom stereocenters. The number of piperidine rings is 2. The molecule has 37 heavy (non-hydrogen) atoms. The maximum atomic E-state index is 15.0. The molecular weight excluding hydrogens is 476 g/mol. The zero-order valence-electron chi connectivity index (χ0n) is 22.1. The normalized spacial score (nSPS) is 23.9. The van der Waals surface area contributed by atoms with Crippen molar-refractivity contribution in [2.45, 2.75) is 58.2 Å². The van der Waals surface area contributed by atoms with Gasteiger partial charge in [0.05, 0.1) is 18.3 Å². The summed E-state index contributed by atoms with van der Waals surface area (Å²) in [5, 5.41) is 9.86. The molecule has 1 aromatic rings. The Hall–Kier alpha value is -2.58. The Balaban J connectivity index is 1.37. The van der Waals surface area contributed by atoms with E-state index in [0.717, 1.165) is 31.5 Å². The van der Waals surface area contributed by atoms with Crippen molar-refractivity contribution in [3.05, 3.63) is 53.5 Å². The number of halogens is 2. The predicted molar refractivity (Wildman–Crippen MR) is 142 cm³/mol. The number of aliphatic imine (C=N–C) groups is 1. The average Bonchev–Trinajstić information content (AvgIpc) is 3.03. The van der Waals surface area contributed by atoms with Crippen LogP contribution in [0.25, 0.3) is 5.57 Å². The summed E-state index contributed by atoms with van der Waals surface area (Å²) < 4.78 is 34.9. The molecule has 0 radical (unpaired) electrons. The van der Waals surface area contributed by atoms with E-state index in [1.165, 1.54) is 17.0 Å². The number of benzene rings is 1. The fraction of sp³-hybridized carbons (Fsp3) is 0.586. The Morgan fingerprint density at radius 3 is 2.65 bits per heavy atom. The standard InChI is InChI=1S/C29H39F2N3O3/c1-20-6-9-27(37-18-21-10-13-33(14-11-21)19-29(2,3)31)32-16-25(20)22-7-8-24(26(30)15-22)28(36)34-12-4-5-23(35)17-34/h6-9,15-16,20-21,23,35H,4-5,10-14,17-19H2,1-3H3. The number of carbonyl (C=O) groups excluding carboxylic acids is 1. The van der Waals surface area contributed by atoms with Gasteiger partial charge in [0.2, 0.25) is 5.90 Å². The van der Waals surface area contributed by atoms with Crippen molar-refractivity contribution in [2.24, 2.45) is 16.8 Å². The quantitative estimate of drug-likeness (QED) is 0.589. The SMILES string of the molecule is CC1C=CC(OCC2CCN(CC(C)(C)F)CC2)=NC=C1c1ccc(C(=O)N2CCCC(O)C2)c(F)c1. The Morgan fingerprint density at radius 1 is 1.22 bits per heavy atom. The molecule has 202 valence electrons. The van der Waals surface area contributed by atoms with Gasteiger partial charge < -0.3 is 19.6 Å². The number of hydrogen-bond donors (Lipinski definition) is 1. The molecule has 0 spiro atoms. The molecule has 1 amide bonds. The summed E-state index contributed by atoms with van der Waals surface area (Å²) in [4.78, 5) is 21.0. The van der Waals surface area contributed by atoms with Crippen LogP contribution in [-0.4, -0.2) is 77.8 Å². The summed E-state index contributed by atoms with van der Waals surface area (Å²) >= 11 is 0. The van der Waals surface area contributed by atoms with E-state index in [1.54, 1.807) is 26.1 Å². The third-order valence-corrected chi connectivity index (χ3v) is 7.34. The highest BCUT2D eigenvalue weighted by molar-refractivity contribution is 5.95. The smallest absolute Gasteiger partial charge is 0.256 e. The first kappa shape index (κ1) is 27.5. The van der Waals surface area contributed by atoms with Gasteiger partial charge in [0.15, 0.2) is 0 Å². The number of aliphatic hydroxyl groups is 1. The molecule has 1 aromatic carbocycles. The van der Waals surface area contributed by atoms with E-state index in [-0.39, 0.29) is 18.0 Å². The van der Waals surface area contributed by atoms with Crippen molar-refractivity contribution in [3.8, 4) is 0 Å². The van der Waals surface area contributed by atoms with Gasteiger partial charge in [-0.3, -0.25) is 4.79 Å². The van der Waals surface area contributed by atoms with Gasteiger partial charge in [0, 0.05) is 31.8 Å². The molecule has 2 unspecified atom stereocenters. The Labute approximate surface area is 218 Å². The van der Waals surface area contributed by atoms with Crippen LogP contribution in [0.15, 0.2) is 41.5 Å². The summed E-state index contributed by atoms with van der Waals surface area (Å²) in [5.41, 5.74) is 0.338. The predicted octanol–water partition coefficient (Wildman–Crippen LogP) is 4.84. The summed E-state index contributed by atoms with van der Waals surface area (Å²) in [5.74, 6) is -0.0646. The highest BCUT2D eigenvalue weighted by atomic mass is 19.1. The van der Waals surface area contributed by atoms with Gasteiger partial charge >= 0.3 is 0 Å². The molecule has 6 nitrogen and oxygen atoms in total. The van der Waals surface area contributed by atoms with Crippen LogP contribution in [0.1, 0.15) is 62.4 Å². The van der Waals surface area contributed by atoms with Gasteiger partial charge in [0.25, 0.3) is 5.91 Å². The number of allylic oxidation sites excluding steroid dienone is 2. The van der Waals surface area contributed by atoms with Crippen LogP contribution in [0.5, 0.6) is 0 Å². The summed E-state index contributed by atoms with van der Waals surface area (Å²) in [7, 11) is 0. The molecule has 3 aliphatic heterocycles. The third-order valence-electron chi connectivity index (χ3n) is 7.34. The number of likely N-dealkylation sites (tertiary alicyclic amines) is 2. The maximum Gasteiger partial charge on any atom is 0.256 e. The first-order valence-electron chi connectivity index (χ1n) is 13.4. The second kappa shape index (κ2) is 11.9. The van der Waals surface area contributed by atoms with Crippen molar-refractivity contribution in [2.75, 3.05) is 39.3 Å². The van der Waals surface area contributed by atoms with Gasteiger partial charge in [0.1, 0.15) is 11.5 Å². The fourth-order valence-electron chi connectivity index (χ4n) is 5.27. The maximum absolute atomic E-state index is 15.0.